The van der Waals surface area contributed by atoms with Gasteiger partial charge in [0.05, 0.1) is 18.8 Å². The summed E-state index contributed by atoms with van der Waals surface area (Å²) in [7, 11) is 0. The zero-order chi connectivity index (χ0) is 13.5. The molecule has 7 nitrogen and oxygen atoms in total. The second kappa shape index (κ2) is 6.48. The van der Waals surface area contributed by atoms with Gasteiger partial charge in [-0.05, 0) is 18.6 Å². The van der Waals surface area contributed by atoms with E-state index >= 15 is 0 Å². The van der Waals surface area contributed by atoms with Crippen molar-refractivity contribution in [2.75, 3.05) is 17.7 Å². The minimum Gasteiger partial charge on any atom is -0.463 e. The van der Waals surface area contributed by atoms with Crippen molar-refractivity contribution in [2.45, 2.75) is 19.9 Å². The number of nitrogens with two attached hydrogens (primary N) is 1. The van der Waals surface area contributed by atoms with Crippen molar-refractivity contribution in [3.8, 4) is 6.01 Å². The van der Waals surface area contributed by atoms with E-state index in [0.29, 0.717) is 19.1 Å². The van der Waals surface area contributed by atoms with Crippen LogP contribution in [0.3, 0.4) is 0 Å². The molecule has 3 N–H and O–H groups in total. The molecule has 2 aromatic heterocycles. The van der Waals surface area contributed by atoms with E-state index in [-0.39, 0.29) is 12.0 Å². The molecule has 0 aliphatic rings. The van der Waals surface area contributed by atoms with Crippen molar-refractivity contribution >= 4 is 11.9 Å². The van der Waals surface area contributed by atoms with Gasteiger partial charge in [0.15, 0.2) is 0 Å². The van der Waals surface area contributed by atoms with Crippen LogP contribution in [-0.2, 0) is 6.54 Å². The van der Waals surface area contributed by atoms with Gasteiger partial charge in [0.25, 0.3) is 0 Å². The Hall–Kier alpha value is -2.44. The summed E-state index contributed by atoms with van der Waals surface area (Å²) in [5.74, 6) is 0.508. The highest BCUT2D eigenvalue weighted by atomic mass is 16.5. The van der Waals surface area contributed by atoms with Crippen molar-refractivity contribution in [1.29, 1.82) is 0 Å². The molecule has 0 amide bonds. The van der Waals surface area contributed by atoms with Gasteiger partial charge in [-0.1, -0.05) is 13.0 Å². The average molecular weight is 260 g/mol. The summed E-state index contributed by atoms with van der Waals surface area (Å²) in [4.78, 5) is 16.2. The third-order valence-electron chi connectivity index (χ3n) is 2.22. The van der Waals surface area contributed by atoms with Gasteiger partial charge in [0.2, 0.25) is 11.9 Å². The lowest BCUT2D eigenvalue weighted by Crippen LogP contribution is -2.10. The van der Waals surface area contributed by atoms with Crippen LogP contribution in [0.4, 0.5) is 11.9 Å². The van der Waals surface area contributed by atoms with Crippen molar-refractivity contribution in [3.63, 3.8) is 0 Å². The maximum Gasteiger partial charge on any atom is 0.323 e. The molecule has 0 saturated heterocycles. The van der Waals surface area contributed by atoms with Gasteiger partial charge in [0, 0.05) is 6.20 Å². The van der Waals surface area contributed by atoms with Crippen LogP contribution in [0.2, 0.25) is 0 Å². The molecule has 2 heterocycles. The van der Waals surface area contributed by atoms with Crippen LogP contribution in [-0.4, -0.2) is 26.5 Å². The van der Waals surface area contributed by atoms with Crippen LogP contribution in [0.5, 0.6) is 6.01 Å². The first-order valence-corrected chi connectivity index (χ1v) is 6.06. The first-order chi connectivity index (χ1) is 9.28. The van der Waals surface area contributed by atoms with E-state index in [1.165, 1.54) is 0 Å². The molecule has 2 rings (SSSR count). The van der Waals surface area contributed by atoms with Crippen molar-refractivity contribution < 1.29 is 4.74 Å². The van der Waals surface area contributed by atoms with Crippen LogP contribution < -0.4 is 15.8 Å². The molecule has 0 aromatic carbocycles. The molecule has 19 heavy (non-hydrogen) atoms. The summed E-state index contributed by atoms with van der Waals surface area (Å²) >= 11 is 0. The second-order valence-corrected chi connectivity index (χ2v) is 3.82. The highest BCUT2D eigenvalue weighted by Crippen LogP contribution is 2.10. The topological polar surface area (TPSA) is 98.8 Å². The number of nitrogens with zero attached hydrogens (tertiary/aromatic N) is 4. The van der Waals surface area contributed by atoms with Crippen LogP contribution >= 0.6 is 0 Å². The van der Waals surface area contributed by atoms with E-state index in [1.54, 1.807) is 6.20 Å². The third-order valence-corrected chi connectivity index (χ3v) is 2.22. The number of ether oxygens (including phenoxy) is 1. The molecular formula is C12H16N6O. The van der Waals surface area contributed by atoms with Crippen molar-refractivity contribution in [3.05, 3.63) is 30.1 Å². The summed E-state index contributed by atoms with van der Waals surface area (Å²) in [6.07, 6.45) is 2.61. The summed E-state index contributed by atoms with van der Waals surface area (Å²) in [5.41, 5.74) is 6.49. The average Bonchev–Trinajstić information content (AvgIpc) is 2.43. The van der Waals surface area contributed by atoms with Crippen LogP contribution in [0.1, 0.15) is 19.0 Å². The van der Waals surface area contributed by atoms with Gasteiger partial charge in [0.1, 0.15) is 0 Å². The number of nitrogen functional groups attached to an aromatic ring is 1. The Morgan fingerprint density at radius 3 is 2.89 bits per heavy atom. The number of hydrogen-bond acceptors (Lipinski definition) is 7. The summed E-state index contributed by atoms with van der Waals surface area (Å²) in [5, 5.41) is 3.03. The molecule has 0 bridgehead atoms. The van der Waals surface area contributed by atoms with E-state index in [2.05, 4.69) is 25.3 Å². The highest BCUT2D eigenvalue weighted by Gasteiger charge is 2.05. The number of rotatable bonds is 6. The van der Waals surface area contributed by atoms with E-state index in [9.17, 15) is 0 Å². The first kappa shape index (κ1) is 13.0. The largest absolute Gasteiger partial charge is 0.463 e. The number of aromatic nitrogens is 4. The number of nitrogens with one attached hydrogen (secondary N) is 1. The van der Waals surface area contributed by atoms with E-state index in [0.717, 1.165) is 12.1 Å². The van der Waals surface area contributed by atoms with Gasteiger partial charge in [-0.2, -0.15) is 15.0 Å². The maximum atomic E-state index is 5.60. The van der Waals surface area contributed by atoms with Gasteiger partial charge in [-0.25, -0.2) is 0 Å². The molecule has 0 saturated carbocycles. The minimum absolute atomic E-state index is 0.129. The lowest BCUT2D eigenvalue weighted by atomic mass is 10.3. The van der Waals surface area contributed by atoms with Crippen molar-refractivity contribution in [2.24, 2.45) is 0 Å². The van der Waals surface area contributed by atoms with Crippen molar-refractivity contribution in [1.82, 2.24) is 19.9 Å². The molecule has 0 radical (unpaired) electrons. The van der Waals surface area contributed by atoms with Crippen LogP contribution in [0.25, 0.3) is 0 Å². The van der Waals surface area contributed by atoms with Gasteiger partial charge in [-0.15, -0.1) is 0 Å². The fourth-order valence-electron chi connectivity index (χ4n) is 1.38. The molecule has 0 atom stereocenters. The Balaban J connectivity index is 2.01. The molecule has 0 fully saturated rings. The first-order valence-electron chi connectivity index (χ1n) is 6.06. The lowest BCUT2D eigenvalue weighted by Gasteiger charge is -2.07. The Morgan fingerprint density at radius 1 is 1.26 bits per heavy atom. The summed E-state index contributed by atoms with van der Waals surface area (Å²) < 4.78 is 5.33. The molecule has 0 spiro atoms. The minimum atomic E-state index is 0.129. The van der Waals surface area contributed by atoms with E-state index in [1.807, 2.05) is 25.1 Å². The third kappa shape index (κ3) is 4.06. The monoisotopic (exact) mass is 260 g/mol. The van der Waals surface area contributed by atoms with Crippen LogP contribution in [0, 0.1) is 0 Å². The number of anilines is 2. The molecule has 0 unspecified atom stereocenters. The van der Waals surface area contributed by atoms with E-state index in [4.69, 9.17) is 10.5 Å². The molecule has 100 valence electrons. The molecule has 0 aliphatic carbocycles. The van der Waals surface area contributed by atoms with Gasteiger partial charge in [-0.3, -0.25) is 4.98 Å². The van der Waals surface area contributed by atoms with E-state index < -0.39 is 0 Å². The standard InChI is InChI=1S/C12H16N6O/c1-2-7-19-12-17-10(13)16-11(18-12)15-8-9-5-3-4-6-14-9/h3-6H,2,7-8H2,1H3,(H3,13,15,16,17,18). The highest BCUT2D eigenvalue weighted by molar-refractivity contribution is 5.33. The predicted octanol–water partition coefficient (Wildman–Crippen LogP) is 1.25. The number of hydrogen-bond donors (Lipinski definition) is 2. The summed E-state index contributed by atoms with van der Waals surface area (Å²) in [6.45, 7) is 3.06. The quantitative estimate of drug-likeness (QED) is 0.806. The van der Waals surface area contributed by atoms with Crippen LogP contribution in [0.15, 0.2) is 24.4 Å². The molecule has 0 aliphatic heterocycles. The zero-order valence-corrected chi connectivity index (χ0v) is 10.7. The Kier molecular flexibility index (Phi) is 4.44. The zero-order valence-electron chi connectivity index (χ0n) is 10.7. The second-order valence-electron chi connectivity index (χ2n) is 3.82. The SMILES string of the molecule is CCCOc1nc(N)nc(NCc2ccccn2)n1. The number of pyridine rings is 1. The van der Waals surface area contributed by atoms with Gasteiger partial charge >= 0.3 is 6.01 Å². The Bertz CT molecular complexity index is 519. The molecule has 2 aromatic rings. The van der Waals surface area contributed by atoms with Gasteiger partial charge < -0.3 is 15.8 Å². The Morgan fingerprint density at radius 2 is 2.16 bits per heavy atom. The molecule has 7 heteroatoms. The summed E-state index contributed by atoms with van der Waals surface area (Å²) in [6, 6.07) is 5.92. The smallest absolute Gasteiger partial charge is 0.323 e. The maximum absolute atomic E-state index is 5.60. The molecular weight excluding hydrogens is 244 g/mol. The lowest BCUT2D eigenvalue weighted by molar-refractivity contribution is 0.292. The Labute approximate surface area is 111 Å². The predicted molar refractivity (Wildman–Crippen MR) is 71.6 cm³/mol. The fourth-order valence-corrected chi connectivity index (χ4v) is 1.38. The normalized spacial score (nSPS) is 10.2. The fraction of sp³-hybridized carbons (Fsp3) is 0.333.